The van der Waals surface area contributed by atoms with E-state index < -0.39 is 19.9 Å². The smallest absolute Gasteiger partial charge is 0.236 e. The lowest BCUT2D eigenvalue weighted by Crippen LogP contribution is -2.48. The van der Waals surface area contributed by atoms with E-state index in [1.807, 2.05) is 37.3 Å². The Morgan fingerprint density at radius 2 is 1.84 bits per heavy atom. The Morgan fingerprint density at radius 3 is 2.42 bits per heavy atom. The molecule has 0 aliphatic carbocycles. The predicted molar refractivity (Wildman–Crippen MR) is 122 cm³/mol. The van der Waals surface area contributed by atoms with E-state index in [0.29, 0.717) is 38.9 Å². The fourth-order valence-corrected chi connectivity index (χ4v) is 7.18. The number of hydrogen-bond donors (Lipinski definition) is 0. The molecule has 7 nitrogen and oxygen atoms in total. The van der Waals surface area contributed by atoms with Gasteiger partial charge in [0.05, 0.1) is 11.5 Å². The molecular formula is C22H32N2O5S2. The van der Waals surface area contributed by atoms with Crippen LogP contribution in [0, 0.1) is 5.92 Å². The van der Waals surface area contributed by atoms with Crippen LogP contribution >= 0.6 is 0 Å². The van der Waals surface area contributed by atoms with Crippen molar-refractivity contribution in [1.29, 1.82) is 0 Å². The van der Waals surface area contributed by atoms with Gasteiger partial charge in [-0.25, -0.2) is 16.8 Å². The molecule has 3 rings (SSSR count). The monoisotopic (exact) mass is 468 g/mol. The van der Waals surface area contributed by atoms with Crippen molar-refractivity contribution < 1.29 is 21.6 Å². The Hall–Kier alpha value is -1.71. The second-order valence-electron chi connectivity index (χ2n) is 8.37. The molecule has 1 aromatic rings. The Bertz CT molecular complexity index is 982. The summed E-state index contributed by atoms with van der Waals surface area (Å²) in [6, 6.07) is 9.00. The zero-order valence-corrected chi connectivity index (χ0v) is 19.7. The van der Waals surface area contributed by atoms with Crippen molar-refractivity contribution >= 4 is 31.8 Å². The van der Waals surface area contributed by atoms with Crippen LogP contribution < -0.4 is 0 Å². The van der Waals surface area contributed by atoms with E-state index in [1.54, 1.807) is 11.0 Å². The van der Waals surface area contributed by atoms with E-state index in [0.717, 1.165) is 18.4 Å². The van der Waals surface area contributed by atoms with Crippen LogP contribution in [0.3, 0.4) is 0 Å². The number of benzene rings is 1. The minimum atomic E-state index is -3.55. The van der Waals surface area contributed by atoms with Crippen molar-refractivity contribution in [3.63, 3.8) is 0 Å². The molecule has 1 aromatic carbocycles. The maximum atomic E-state index is 13.2. The third-order valence-electron chi connectivity index (χ3n) is 6.08. The quantitative estimate of drug-likeness (QED) is 0.585. The molecule has 1 atom stereocenters. The van der Waals surface area contributed by atoms with Crippen LogP contribution in [0.5, 0.6) is 0 Å². The predicted octanol–water partition coefficient (Wildman–Crippen LogP) is 2.51. The van der Waals surface area contributed by atoms with Crippen LogP contribution in [0.4, 0.5) is 0 Å². The summed E-state index contributed by atoms with van der Waals surface area (Å²) in [6.45, 7) is 3.19. The number of rotatable bonds is 8. The highest BCUT2D eigenvalue weighted by molar-refractivity contribution is 7.92. The van der Waals surface area contributed by atoms with E-state index in [2.05, 4.69) is 0 Å². The summed E-state index contributed by atoms with van der Waals surface area (Å²) in [7, 11) is -6.62. The minimum absolute atomic E-state index is 0.0209. The number of sulfonamides is 1. The zero-order chi connectivity index (χ0) is 22.5. The fraction of sp³-hybridized carbons (Fsp3) is 0.591. The summed E-state index contributed by atoms with van der Waals surface area (Å²) in [5, 5.41) is 1.22. The van der Waals surface area contributed by atoms with Crippen LogP contribution in [0.1, 0.15) is 44.6 Å². The van der Waals surface area contributed by atoms with Crippen LogP contribution in [0.25, 0.3) is 6.08 Å². The lowest BCUT2D eigenvalue weighted by molar-refractivity contribution is -0.138. The van der Waals surface area contributed by atoms with Gasteiger partial charge in [0.2, 0.25) is 15.9 Å². The van der Waals surface area contributed by atoms with Gasteiger partial charge in [0, 0.05) is 37.0 Å². The highest BCUT2D eigenvalue weighted by atomic mass is 32.2. The average Bonchev–Trinajstić information content (AvgIpc) is 3.12. The van der Waals surface area contributed by atoms with Gasteiger partial charge in [-0.05, 0) is 37.3 Å². The SMILES string of the molecule is CCCCN(C(=O)C1CCN(S(=O)(=O)/C=C/c2ccccc2)CC1)C1CCS(=O)(=O)C1. The van der Waals surface area contributed by atoms with Crippen molar-refractivity contribution in [3.05, 3.63) is 41.3 Å². The average molecular weight is 469 g/mol. The molecule has 0 aromatic heterocycles. The summed E-state index contributed by atoms with van der Waals surface area (Å²) in [5.74, 6) is -0.102. The fourth-order valence-electron chi connectivity index (χ4n) is 4.23. The third-order valence-corrected chi connectivity index (χ3v) is 9.40. The molecule has 2 heterocycles. The van der Waals surface area contributed by atoms with Crippen molar-refractivity contribution in [3.8, 4) is 0 Å². The molecule has 2 saturated heterocycles. The van der Waals surface area contributed by atoms with E-state index in [-0.39, 0.29) is 29.4 Å². The van der Waals surface area contributed by atoms with E-state index >= 15 is 0 Å². The summed E-state index contributed by atoms with van der Waals surface area (Å²) >= 11 is 0. The first kappa shape index (κ1) is 23.9. The molecule has 0 saturated carbocycles. The number of nitrogens with zero attached hydrogens (tertiary/aromatic N) is 2. The lowest BCUT2D eigenvalue weighted by atomic mass is 9.95. The summed E-state index contributed by atoms with van der Waals surface area (Å²) in [5.41, 5.74) is 0.814. The summed E-state index contributed by atoms with van der Waals surface area (Å²) in [6.07, 6.45) is 4.75. The van der Waals surface area contributed by atoms with Gasteiger partial charge in [-0.15, -0.1) is 0 Å². The minimum Gasteiger partial charge on any atom is -0.338 e. The van der Waals surface area contributed by atoms with Gasteiger partial charge in [-0.2, -0.15) is 4.31 Å². The number of sulfone groups is 1. The highest BCUT2D eigenvalue weighted by Gasteiger charge is 2.38. The van der Waals surface area contributed by atoms with Crippen LogP contribution in [0.15, 0.2) is 35.7 Å². The van der Waals surface area contributed by atoms with Crippen molar-refractivity contribution in [2.24, 2.45) is 5.92 Å². The Kier molecular flexibility index (Phi) is 7.93. The Balaban J connectivity index is 1.61. The standard InChI is InChI=1S/C22H32N2O5S2/c1-2-3-13-24(21-12-16-30(26,27)18-21)22(25)20-9-14-23(15-10-20)31(28,29)17-11-19-7-5-4-6-8-19/h4-8,11,17,20-21H,2-3,9-10,12-16,18H2,1H3/b17-11+. The molecule has 9 heteroatoms. The summed E-state index contributed by atoms with van der Waals surface area (Å²) in [4.78, 5) is 15.0. The number of carbonyl (C=O) groups is 1. The second-order valence-corrected chi connectivity index (χ2v) is 12.4. The van der Waals surface area contributed by atoms with Gasteiger partial charge < -0.3 is 4.90 Å². The normalized spacial score (nSPS) is 22.7. The molecule has 1 amide bonds. The van der Waals surface area contributed by atoms with Gasteiger partial charge in [0.25, 0.3) is 0 Å². The number of unbranched alkanes of at least 4 members (excludes halogenated alkanes) is 1. The topological polar surface area (TPSA) is 91.8 Å². The molecule has 0 radical (unpaired) electrons. The summed E-state index contributed by atoms with van der Waals surface area (Å²) < 4.78 is 50.6. The van der Waals surface area contributed by atoms with Crippen LogP contribution in [-0.4, -0.2) is 69.1 Å². The molecule has 2 aliphatic rings. The Labute approximate surface area is 186 Å². The number of hydrogen-bond acceptors (Lipinski definition) is 5. The van der Waals surface area contributed by atoms with E-state index in [1.165, 1.54) is 9.71 Å². The van der Waals surface area contributed by atoms with E-state index in [4.69, 9.17) is 0 Å². The second kappa shape index (κ2) is 10.3. The number of amides is 1. The van der Waals surface area contributed by atoms with Crippen molar-refractivity contribution in [1.82, 2.24) is 9.21 Å². The first-order valence-electron chi connectivity index (χ1n) is 11.0. The Morgan fingerprint density at radius 1 is 1.16 bits per heavy atom. The first-order chi connectivity index (χ1) is 14.7. The third kappa shape index (κ3) is 6.40. The van der Waals surface area contributed by atoms with Gasteiger partial charge in [0.15, 0.2) is 9.84 Å². The molecule has 2 fully saturated rings. The van der Waals surface area contributed by atoms with Gasteiger partial charge in [0.1, 0.15) is 0 Å². The molecule has 172 valence electrons. The molecule has 0 N–H and O–H groups in total. The lowest BCUT2D eigenvalue weighted by Gasteiger charge is -2.35. The zero-order valence-electron chi connectivity index (χ0n) is 18.0. The maximum Gasteiger partial charge on any atom is 0.236 e. The number of carbonyl (C=O) groups excluding carboxylic acids is 1. The van der Waals surface area contributed by atoms with Crippen LogP contribution in [-0.2, 0) is 24.7 Å². The van der Waals surface area contributed by atoms with Gasteiger partial charge >= 0.3 is 0 Å². The van der Waals surface area contributed by atoms with Gasteiger partial charge in [-0.1, -0.05) is 43.7 Å². The molecule has 1 unspecified atom stereocenters. The first-order valence-corrected chi connectivity index (χ1v) is 14.3. The number of piperidine rings is 1. The molecule has 0 bridgehead atoms. The molecular weight excluding hydrogens is 436 g/mol. The molecule has 2 aliphatic heterocycles. The molecule has 0 spiro atoms. The van der Waals surface area contributed by atoms with Crippen molar-refractivity contribution in [2.75, 3.05) is 31.1 Å². The largest absolute Gasteiger partial charge is 0.338 e. The maximum absolute atomic E-state index is 13.2. The van der Waals surface area contributed by atoms with Crippen LogP contribution in [0.2, 0.25) is 0 Å². The highest BCUT2D eigenvalue weighted by Crippen LogP contribution is 2.26. The van der Waals surface area contributed by atoms with E-state index in [9.17, 15) is 21.6 Å². The van der Waals surface area contributed by atoms with Gasteiger partial charge in [-0.3, -0.25) is 4.79 Å². The molecule has 31 heavy (non-hydrogen) atoms. The van der Waals surface area contributed by atoms with Crippen molar-refractivity contribution in [2.45, 2.75) is 45.1 Å².